The van der Waals surface area contributed by atoms with Gasteiger partial charge in [-0.1, -0.05) is 13.3 Å². The molecule has 114 valence electrons. The average Bonchev–Trinajstić information content (AvgIpc) is 3.07. The molecule has 21 heavy (non-hydrogen) atoms. The van der Waals surface area contributed by atoms with E-state index in [0.29, 0.717) is 17.6 Å². The normalized spacial score (nSPS) is 17.2. The molecule has 0 amide bonds. The van der Waals surface area contributed by atoms with Crippen LogP contribution in [0.4, 0.5) is 5.69 Å². The first-order valence-corrected chi connectivity index (χ1v) is 8.80. The Kier molecular flexibility index (Phi) is 3.45. The Bertz CT molecular complexity index is 760. The molecule has 1 aromatic carbocycles. The van der Waals surface area contributed by atoms with Crippen molar-refractivity contribution < 1.29 is 8.42 Å². The number of H-pyrrole nitrogens is 1. The van der Waals surface area contributed by atoms with Crippen molar-refractivity contribution in [1.82, 2.24) is 9.71 Å². The van der Waals surface area contributed by atoms with Crippen LogP contribution >= 0.6 is 0 Å². The summed E-state index contributed by atoms with van der Waals surface area (Å²) in [6, 6.07) is 5.24. The van der Waals surface area contributed by atoms with Gasteiger partial charge in [-0.3, -0.25) is 0 Å². The molecule has 1 fully saturated rings. The summed E-state index contributed by atoms with van der Waals surface area (Å²) in [5.74, 6) is 0. The summed E-state index contributed by atoms with van der Waals surface area (Å²) < 4.78 is 27.8. The molecule has 0 bridgehead atoms. The highest BCUT2D eigenvalue weighted by atomic mass is 32.2. The second-order valence-corrected chi connectivity index (χ2v) is 7.77. The summed E-state index contributed by atoms with van der Waals surface area (Å²) in [6.07, 6.45) is 5.93. The lowest BCUT2D eigenvalue weighted by atomic mass is 10.0. The van der Waals surface area contributed by atoms with Crippen LogP contribution in [0.2, 0.25) is 0 Å². The van der Waals surface area contributed by atoms with Crippen molar-refractivity contribution in [2.24, 2.45) is 5.41 Å². The van der Waals surface area contributed by atoms with E-state index in [-0.39, 0.29) is 10.3 Å². The summed E-state index contributed by atoms with van der Waals surface area (Å²) in [4.78, 5) is 3.26. The molecule has 0 atom stereocenters. The van der Waals surface area contributed by atoms with E-state index in [1.165, 1.54) is 6.20 Å². The molecule has 0 radical (unpaired) electrons. The number of sulfonamides is 1. The summed E-state index contributed by atoms with van der Waals surface area (Å²) in [7, 11) is -3.51. The molecule has 1 saturated carbocycles. The van der Waals surface area contributed by atoms with Gasteiger partial charge in [0.1, 0.15) is 4.90 Å². The minimum atomic E-state index is -3.51. The van der Waals surface area contributed by atoms with E-state index in [1.54, 1.807) is 18.2 Å². The molecule has 2 aromatic rings. The van der Waals surface area contributed by atoms with Crippen LogP contribution in [0.1, 0.15) is 32.6 Å². The fraction of sp³-hybridized carbons (Fsp3) is 0.467. The van der Waals surface area contributed by atoms with E-state index < -0.39 is 10.0 Å². The highest BCUT2D eigenvalue weighted by molar-refractivity contribution is 7.89. The number of aromatic amines is 1. The van der Waals surface area contributed by atoms with Crippen LogP contribution in [-0.2, 0) is 10.0 Å². The lowest BCUT2D eigenvalue weighted by Crippen LogP contribution is -2.30. The van der Waals surface area contributed by atoms with E-state index >= 15 is 0 Å². The zero-order valence-corrected chi connectivity index (χ0v) is 13.0. The predicted molar refractivity (Wildman–Crippen MR) is 84.5 cm³/mol. The standard InChI is InChI=1S/C15H21N3O2S/c1-2-5-15(6-7-15)10-18-21(19,20)14-9-17-13-4-3-11(16)8-12(13)14/h3-4,8-9,17-18H,2,5-7,10,16H2,1H3. The van der Waals surface area contributed by atoms with Crippen LogP contribution in [0.5, 0.6) is 0 Å². The van der Waals surface area contributed by atoms with Gasteiger partial charge in [0.05, 0.1) is 0 Å². The Labute approximate surface area is 125 Å². The third-order valence-electron chi connectivity index (χ3n) is 4.33. The molecular formula is C15H21N3O2S. The third-order valence-corrected chi connectivity index (χ3v) is 5.77. The maximum absolute atomic E-state index is 12.5. The smallest absolute Gasteiger partial charge is 0.242 e. The second kappa shape index (κ2) is 5.03. The fourth-order valence-corrected chi connectivity index (χ4v) is 4.21. The molecule has 1 aliphatic rings. The highest BCUT2D eigenvalue weighted by Gasteiger charge is 2.42. The summed E-state index contributed by atoms with van der Waals surface area (Å²) in [5, 5.41) is 0.642. The maximum atomic E-state index is 12.5. The van der Waals surface area contributed by atoms with Crippen molar-refractivity contribution in [3.05, 3.63) is 24.4 Å². The molecule has 4 N–H and O–H groups in total. The van der Waals surface area contributed by atoms with Crippen LogP contribution in [0.25, 0.3) is 10.9 Å². The van der Waals surface area contributed by atoms with Crippen LogP contribution < -0.4 is 10.5 Å². The van der Waals surface area contributed by atoms with Crippen LogP contribution in [0.3, 0.4) is 0 Å². The molecular weight excluding hydrogens is 286 g/mol. The van der Waals surface area contributed by atoms with Crippen LogP contribution in [0.15, 0.2) is 29.3 Å². The van der Waals surface area contributed by atoms with Crippen molar-refractivity contribution in [3.8, 4) is 0 Å². The SMILES string of the molecule is CCCC1(CNS(=O)(=O)c2c[nH]c3ccc(N)cc23)CC1. The number of nitrogens with one attached hydrogen (secondary N) is 2. The Morgan fingerprint density at radius 2 is 2.14 bits per heavy atom. The van der Waals surface area contributed by atoms with Gasteiger partial charge in [0, 0.05) is 29.3 Å². The first kappa shape index (κ1) is 14.4. The molecule has 0 saturated heterocycles. The summed E-state index contributed by atoms with van der Waals surface area (Å²) >= 11 is 0. The number of nitrogen functional groups attached to an aromatic ring is 1. The van der Waals surface area contributed by atoms with Gasteiger partial charge in [0.15, 0.2) is 0 Å². The summed E-state index contributed by atoms with van der Waals surface area (Å²) in [5.41, 5.74) is 7.28. The van der Waals surface area contributed by atoms with Gasteiger partial charge in [0.2, 0.25) is 10.0 Å². The van der Waals surface area contributed by atoms with Crippen molar-refractivity contribution in [2.45, 2.75) is 37.5 Å². The molecule has 5 nitrogen and oxygen atoms in total. The van der Waals surface area contributed by atoms with Gasteiger partial charge in [-0.2, -0.15) is 0 Å². The zero-order valence-electron chi connectivity index (χ0n) is 12.1. The van der Waals surface area contributed by atoms with Gasteiger partial charge in [-0.05, 0) is 42.9 Å². The molecule has 6 heteroatoms. The Morgan fingerprint density at radius 1 is 1.38 bits per heavy atom. The first-order chi connectivity index (χ1) is 9.96. The number of hydrogen-bond donors (Lipinski definition) is 3. The molecule has 3 rings (SSSR count). The largest absolute Gasteiger partial charge is 0.399 e. The van der Waals surface area contributed by atoms with Crippen molar-refractivity contribution in [2.75, 3.05) is 12.3 Å². The van der Waals surface area contributed by atoms with Crippen LogP contribution in [-0.4, -0.2) is 19.9 Å². The van der Waals surface area contributed by atoms with Crippen molar-refractivity contribution in [3.63, 3.8) is 0 Å². The zero-order chi connectivity index (χ0) is 15.1. The number of nitrogens with two attached hydrogens (primary N) is 1. The van der Waals surface area contributed by atoms with E-state index in [0.717, 1.165) is 31.2 Å². The van der Waals surface area contributed by atoms with E-state index in [4.69, 9.17) is 5.73 Å². The number of aromatic nitrogens is 1. The van der Waals surface area contributed by atoms with Gasteiger partial charge >= 0.3 is 0 Å². The Hall–Kier alpha value is -1.53. The van der Waals surface area contributed by atoms with E-state index in [1.807, 2.05) is 0 Å². The number of rotatable bonds is 6. The highest BCUT2D eigenvalue weighted by Crippen LogP contribution is 2.49. The lowest BCUT2D eigenvalue weighted by Gasteiger charge is -2.14. The molecule has 1 aromatic heterocycles. The number of fused-ring (bicyclic) bond motifs is 1. The molecule has 0 unspecified atom stereocenters. The average molecular weight is 307 g/mol. The van der Waals surface area contributed by atoms with Gasteiger partial charge < -0.3 is 10.7 Å². The molecule has 0 spiro atoms. The Morgan fingerprint density at radius 3 is 2.81 bits per heavy atom. The van der Waals surface area contributed by atoms with Gasteiger partial charge in [-0.15, -0.1) is 0 Å². The maximum Gasteiger partial charge on any atom is 0.242 e. The van der Waals surface area contributed by atoms with Crippen molar-refractivity contribution in [1.29, 1.82) is 0 Å². The lowest BCUT2D eigenvalue weighted by molar-refractivity contribution is 0.449. The first-order valence-electron chi connectivity index (χ1n) is 7.32. The second-order valence-electron chi connectivity index (χ2n) is 6.03. The number of benzene rings is 1. The number of anilines is 1. The van der Waals surface area contributed by atoms with E-state index in [2.05, 4.69) is 16.6 Å². The van der Waals surface area contributed by atoms with Gasteiger partial charge in [0.25, 0.3) is 0 Å². The fourth-order valence-electron chi connectivity index (χ4n) is 2.88. The monoisotopic (exact) mass is 307 g/mol. The van der Waals surface area contributed by atoms with Crippen LogP contribution in [0, 0.1) is 5.41 Å². The predicted octanol–water partition coefficient (Wildman–Crippen LogP) is 2.61. The molecule has 0 aliphatic heterocycles. The summed E-state index contributed by atoms with van der Waals surface area (Å²) in [6.45, 7) is 2.66. The minimum absolute atomic E-state index is 0.187. The molecule has 1 aliphatic carbocycles. The Balaban J connectivity index is 1.85. The minimum Gasteiger partial charge on any atom is -0.399 e. The molecule has 1 heterocycles. The topological polar surface area (TPSA) is 88.0 Å². The van der Waals surface area contributed by atoms with Crippen molar-refractivity contribution >= 4 is 26.6 Å². The number of hydrogen-bond acceptors (Lipinski definition) is 3. The van der Waals surface area contributed by atoms with E-state index in [9.17, 15) is 8.42 Å². The van der Waals surface area contributed by atoms with Gasteiger partial charge in [-0.25, -0.2) is 13.1 Å². The quantitative estimate of drug-likeness (QED) is 0.717. The third kappa shape index (κ3) is 2.78.